The summed E-state index contributed by atoms with van der Waals surface area (Å²) in [6.45, 7) is 0.676. The number of nitrogens with two attached hydrogens (primary N) is 1. The number of hydrogen-bond acceptors (Lipinski definition) is 2. The Hall–Kier alpha value is -1.29. The molecule has 0 radical (unpaired) electrons. The smallest absolute Gasteiger partial charge is 0.0219 e. The van der Waals surface area contributed by atoms with Crippen molar-refractivity contribution in [1.29, 1.82) is 0 Å². The van der Waals surface area contributed by atoms with Crippen LogP contribution in [0.25, 0.3) is 10.8 Å². The predicted octanol–water partition coefficient (Wildman–Crippen LogP) is 5.25. The van der Waals surface area contributed by atoms with Crippen LogP contribution in [0.3, 0.4) is 0 Å². The second-order valence-corrected chi connectivity index (χ2v) is 6.90. The average molecular weight is 358 g/mol. The third-order valence-corrected chi connectivity index (χ3v) is 5.11. The van der Waals surface area contributed by atoms with Crippen molar-refractivity contribution in [3.63, 3.8) is 0 Å². The van der Waals surface area contributed by atoms with Gasteiger partial charge in [-0.1, -0.05) is 64.1 Å². The number of rotatable bonds is 4. The normalized spacial score (nSPS) is 11.0. The molecule has 0 unspecified atom stereocenters. The molecule has 0 aliphatic carbocycles. The van der Waals surface area contributed by atoms with E-state index < -0.39 is 0 Å². The number of fused-ring (bicyclic) bond motifs is 1. The van der Waals surface area contributed by atoms with Gasteiger partial charge in [0, 0.05) is 14.3 Å². The summed E-state index contributed by atoms with van der Waals surface area (Å²) < 4.78 is 1.14. The van der Waals surface area contributed by atoms with Gasteiger partial charge in [0.15, 0.2) is 0 Å². The molecule has 0 bridgehead atoms. The molecular weight excluding hydrogens is 342 g/mol. The maximum atomic E-state index is 5.62. The molecule has 0 atom stereocenters. The summed E-state index contributed by atoms with van der Waals surface area (Å²) in [4.78, 5) is 2.49. The highest BCUT2D eigenvalue weighted by atomic mass is 79.9. The molecule has 0 saturated heterocycles. The summed E-state index contributed by atoms with van der Waals surface area (Å²) in [5, 5.41) is 2.56. The first-order chi connectivity index (χ1) is 10.3. The molecule has 2 N–H and O–H groups in total. The van der Waals surface area contributed by atoms with Crippen molar-refractivity contribution >= 4 is 38.5 Å². The molecule has 0 heterocycles. The van der Waals surface area contributed by atoms with Crippen LogP contribution in [0.2, 0.25) is 0 Å². The molecule has 3 aromatic rings. The fraction of sp³-hybridized carbons (Fsp3) is 0.111. The van der Waals surface area contributed by atoms with E-state index in [-0.39, 0.29) is 0 Å². The second kappa shape index (κ2) is 6.65. The van der Waals surface area contributed by atoms with Crippen LogP contribution in [-0.2, 0) is 6.42 Å². The Bertz CT molecular complexity index is 770. The van der Waals surface area contributed by atoms with Crippen LogP contribution in [0, 0.1) is 0 Å². The zero-order valence-corrected chi connectivity index (χ0v) is 14.0. The van der Waals surface area contributed by atoms with Gasteiger partial charge in [-0.3, -0.25) is 0 Å². The maximum absolute atomic E-state index is 5.62. The van der Waals surface area contributed by atoms with Gasteiger partial charge in [0.05, 0.1) is 0 Å². The van der Waals surface area contributed by atoms with Gasteiger partial charge in [0.1, 0.15) is 0 Å². The Balaban J connectivity index is 1.86. The second-order valence-electron chi connectivity index (χ2n) is 4.90. The monoisotopic (exact) mass is 357 g/mol. The minimum Gasteiger partial charge on any atom is -0.330 e. The van der Waals surface area contributed by atoms with E-state index in [4.69, 9.17) is 5.73 Å². The zero-order valence-electron chi connectivity index (χ0n) is 11.6. The summed E-state index contributed by atoms with van der Waals surface area (Å²) in [7, 11) is 0. The molecule has 0 saturated carbocycles. The lowest BCUT2D eigenvalue weighted by Crippen LogP contribution is -2.03. The zero-order chi connectivity index (χ0) is 14.7. The molecule has 3 aromatic carbocycles. The Kier molecular flexibility index (Phi) is 4.63. The average Bonchev–Trinajstić information content (AvgIpc) is 2.50. The van der Waals surface area contributed by atoms with Gasteiger partial charge in [-0.2, -0.15) is 0 Å². The van der Waals surface area contributed by atoms with Crippen LogP contribution < -0.4 is 5.73 Å². The van der Waals surface area contributed by atoms with Crippen LogP contribution in [-0.4, -0.2) is 6.54 Å². The van der Waals surface area contributed by atoms with E-state index in [9.17, 15) is 0 Å². The molecule has 3 rings (SSSR count). The first-order valence-corrected chi connectivity index (χ1v) is 8.52. The molecule has 0 aliphatic heterocycles. The molecule has 21 heavy (non-hydrogen) atoms. The minimum atomic E-state index is 0.676. The van der Waals surface area contributed by atoms with Crippen molar-refractivity contribution in [2.75, 3.05) is 6.54 Å². The van der Waals surface area contributed by atoms with E-state index in [2.05, 4.69) is 76.6 Å². The minimum absolute atomic E-state index is 0.676. The van der Waals surface area contributed by atoms with Crippen LogP contribution in [0.5, 0.6) is 0 Å². The van der Waals surface area contributed by atoms with Crippen LogP contribution in [0.15, 0.2) is 74.9 Å². The van der Waals surface area contributed by atoms with Gasteiger partial charge < -0.3 is 5.73 Å². The first-order valence-electron chi connectivity index (χ1n) is 6.91. The van der Waals surface area contributed by atoms with Crippen LogP contribution in [0.1, 0.15) is 5.56 Å². The van der Waals surface area contributed by atoms with Crippen molar-refractivity contribution in [3.05, 3.63) is 70.7 Å². The van der Waals surface area contributed by atoms with E-state index in [0.29, 0.717) is 6.54 Å². The fourth-order valence-electron chi connectivity index (χ4n) is 2.32. The third kappa shape index (κ3) is 3.49. The lowest BCUT2D eigenvalue weighted by Gasteiger charge is -2.07. The van der Waals surface area contributed by atoms with Crippen molar-refractivity contribution in [2.24, 2.45) is 5.73 Å². The molecule has 0 amide bonds. The molecule has 1 nitrogen and oxygen atoms in total. The topological polar surface area (TPSA) is 26.0 Å². The standard InChI is InChI=1S/C18H16BrNS/c19-18-12-17(8-6-14(18)9-10-20)21-16-7-5-13-3-1-2-4-15(13)11-16/h1-8,11-12H,9-10,20H2. The maximum Gasteiger partial charge on any atom is 0.0219 e. The van der Waals surface area contributed by atoms with Crippen LogP contribution >= 0.6 is 27.7 Å². The number of benzene rings is 3. The summed E-state index contributed by atoms with van der Waals surface area (Å²) in [5.41, 5.74) is 6.88. The highest BCUT2D eigenvalue weighted by molar-refractivity contribution is 9.10. The number of halogens is 1. The molecule has 3 heteroatoms. The summed E-state index contributed by atoms with van der Waals surface area (Å²) in [5.74, 6) is 0. The van der Waals surface area contributed by atoms with Crippen molar-refractivity contribution in [2.45, 2.75) is 16.2 Å². The summed E-state index contributed by atoms with van der Waals surface area (Å²) in [6, 6.07) is 21.5. The summed E-state index contributed by atoms with van der Waals surface area (Å²) in [6.07, 6.45) is 0.904. The Labute approximate surface area is 137 Å². The number of hydrogen-bond donors (Lipinski definition) is 1. The third-order valence-electron chi connectivity index (χ3n) is 3.39. The van der Waals surface area contributed by atoms with Crippen molar-refractivity contribution in [1.82, 2.24) is 0 Å². The Morgan fingerprint density at radius 3 is 2.33 bits per heavy atom. The van der Waals surface area contributed by atoms with Gasteiger partial charge >= 0.3 is 0 Å². The van der Waals surface area contributed by atoms with Gasteiger partial charge in [0.25, 0.3) is 0 Å². The fourth-order valence-corrected chi connectivity index (χ4v) is 3.95. The van der Waals surface area contributed by atoms with E-state index in [1.807, 2.05) is 0 Å². The van der Waals surface area contributed by atoms with Crippen LogP contribution in [0.4, 0.5) is 0 Å². The molecule has 0 fully saturated rings. The van der Waals surface area contributed by atoms with Gasteiger partial charge in [0.2, 0.25) is 0 Å². The summed E-state index contributed by atoms with van der Waals surface area (Å²) >= 11 is 5.41. The molecule has 106 valence electrons. The lowest BCUT2D eigenvalue weighted by molar-refractivity contribution is 0.960. The van der Waals surface area contributed by atoms with Crippen molar-refractivity contribution < 1.29 is 0 Å². The largest absolute Gasteiger partial charge is 0.330 e. The van der Waals surface area contributed by atoms with E-state index in [0.717, 1.165) is 10.9 Å². The highest BCUT2D eigenvalue weighted by Gasteiger charge is 2.03. The molecular formula is C18H16BrNS. The Morgan fingerprint density at radius 1 is 0.857 bits per heavy atom. The van der Waals surface area contributed by atoms with Gasteiger partial charge in [-0.25, -0.2) is 0 Å². The molecule has 0 aliphatic rings. The van der Waals surface area contributed by atoms with E-state index in [1.54, 1.807) is 11.8 Å². The first kappa shape index (κ1) is 14.6. The quantitative estimate of drug-likeness (QED) is 0.689. The lowest BCUT2D eigenvalue weighted by atomic mass is 10.1. The van der Waals surface area contributed by atoms with Crippen molar-refractivity contribution in [3.8, 4) is 0 Å². The Morgan fingerprint density at radius 2 is 1.57 bits per heavy atom. The highest BCUT2D eigenvalue weighted by Crippen LogP contribution is 2.32. The predicted molar refractivity (Wildman–Crippen MR) is 95.0 cm³/mol. The molecule has 0 spiro atoms. The van der Waals surface area contributed by atoms with Gasteiger partial charge in [-0.05, 0) is 53.6 Å². The van der Waals surface area contributed by atoms with E-state index in [1.165, 1.54) is 26.1 Å². The van der Waals surface area contributed by atoms with Gasteiger partial charge in [-0.15, -0.1) is 0 Å². The SMILES string of the molecule is NCCc1ccc(Sc2ccc3ccccc3c2)cc1Br. The molecule has 0 aromatic heterocycles. The van der Waals surface area contributed by atoms with E-state index >= 15 is 0 Å².